The molecule has 3 heteroatoms. The topological polar surface area (TPSA) is 39.4 Å². The maximum Gasteiger partial charge on any atom is 0.192 e. The van der Waals surface area contributed by atoms with E-state index in [2.05, 4.69) is 6.92 Å². The summed E-state index contributed by atoms with van der Waals surface area (Å²) in [7, 11) is 1.62. The number of ether oxygens (including phenoxy) is 1. The number of methoxy groups -OCH3 is 1. The molecule has 0 aliphatic carbocycles. The molecule has 0 fully saturated rings. The normalized spacial score (nSPS) is 11.2. The molecule has 0 spiro atoms. The molecule has 1 aromatic carbocycles. The van der Waals surface area contributed by atoms with Gasteiger partial charge < -0.3 is 9.15 Å². The first-order valence-corrected chi connectivity index (χ1v) is 11.4. The minimum atomic E-state index is 0.0357. The Morgan fingerprint density at radius 3 is 1.93 bits per heavy atom. The predicted molar refractivity (Wildman–Crippen MR) is 118 cm³/mol. The van der Waals surface area contributed by atoms with Crippen molar-refractivity contribution in [3.05, 3.63) is 40.2 Å². The van der Waals surface area contributed by atoms with Gasteiger partial charge in [0.1, 0.15) is 17.1 Å². The van der Waals surface area contributed by atoms with Crippen molar-refractivity contribution in [2.75, 3.05) is 7.11 Å². The number of unbranched alkanes of at least 4 members (excludes halogenated alkanes) is 12. The lowest BCUT2D eigenvalue weighted by Crippen LogP contribution is -2.02. The lowest BCUT2D eigenvalue weighted by atomic mass is 10.0. The van der Waals surface area contributed by atoms with Crippen molar-refractivity contribution in [1.82, 2.24) is 0 Å². The Bertz CT molecular complexity index is 732. The van der Waals surface area contributed by atoms with Gasteiger partial charge in [-0.2, -0.15) is 0 Å². The summed E-state index contributed by atoms with van der Waals surface area (Å²) in [5.41, 5.74) is 0.658. The maximum atomic E-state index is 12.2. The van der Waals surface area contributed by atoms with E-state index < -0.39 is 0 Å². The summed E-state index contributed by atoms with van der Waals surface area (Å²) < 4.78 is 11.1. The van der Waals surface area contributed by atoms with Crippen LogP contribution < -0.4 is 10.2 Å². The van der Waals surface area contributed by atoms with E-state index in [0.717, 1.165) is 18.6 Å². The van der Waals surface area contributed by atoms with Crippen molar-refractivity contribution in [3.63, 3.8) is 0 Å². The molecule has 0 unspecified atom stereocenters. The summed E-state index contributed by atoms with van der Waals surface area (Å²) in [5, 5.41) is 0.620. The van der Waals surface area contributed by atoms with Gasteiger partial charge in [0, 0.05) is 18.6 Å². The van der Waals surface area contributed by atoms with Gasteiger partial charge in [-0.3, -0.25) is 4.79 Å². The minimum absolute atomic E-state index is 0.0357. The zero-order chi connectivity index (χ0) is 20.0. The predicted octanol–water partition coefficient (Wildman–Crippen LogP) is 7.44. The molecule has 3 nitrogen and oxygen atoms in total. The summed E-state index contributed by atoms with van der Waals surface area (Å²) in [6.45, 7) is 2.27. The second-order valence-corrected chi connectivity index (χ2v) is 7.93. The van der Waals surface area contributed by atoms with Gasteiger partial charge in [-0.1, -0.05) is 84.0 Å². The van der Waals surface area contributed by atoms with Crippen LogP contribution in [0.5, 0.6) is 5.75 Å². The Labute approximate surface area is 170 Å². The highest BCUT2D eigenvalue weighted by Gasteiger charge is 2.06. The molecule has 0 aliphatic heterocycles. The van der Waals surface area contributed by atoms with Crippen LogP contribution >= 0.6 is 0 Å². The molecular weight excluding hydrogens is 348 g/mol. The highest BCUT2D eigenvalue weighted by atomic mass is 16.5. The van der Waals surface area contributed by atoms with Gasteiger partial charge in [0.05, 0.1) is 12.5 Å². The summed E-state index contributed by atoms with van der Waals surface area (Å²) in [5.74, 6) is 1.50. The molecule has 1 aromatic heterocycles. The van der Waals surface area contributed by atoms with Crippen LogP contribution in [0, 0.1) is 0 Å². The Balaban J connectivity index is 1.57. The number of hydrogen-bond donors (Lipinski definition) is 0. The van der Waals surface area contributed by atoms with Crippen LogP contribution in [0.2, 0.25) is 0 Å². The lowest BCUT2D eigenvalue weighted by Gasteiger charge is -2.05. The SMILES string of the molecule is CCCCCCCCCCCCCCCc1cc(=O)c2ccc(OC)cc2o1. The highest BCUT2D eigenvalue weighted by molar-refractivity contribution is 5.77. The van der Waals surface area contributed by atoms with E-state index in [-0.39, 0.29) is 5.43 Å². The summed E-state index contributed by atoms with van der Waals surface area (Å²) in [4.78, 5) is 12.2. The van der Waals surface area contributed by atoms with Gasteiger partial charge in [0.25, 0.3) is 0 Å². The highest BCUT2D eigenvalue weighted by Crippen LogP contribution is 2.20. The summed E-state index contributed by atoms with van der Waals surface area (Å²) in [6.07, 6.45) is 18.3. The Morgan fingerprint density at radius 2 is 1.36 bits per heavy atom. The first-order chi connectivity index (χ1) is 13.7. The number of hydrogen-bond acceptors (Lipinski definition) is 3. The summed E-state index contributed by atoms with van der Waals surface area (Å²) in [6, 6.07) is 7.01. The first kappa shape index (κ1) is 22.5. The molecule has 156 valence electrons. The molecule has 0 atom stereocenters. The monoisotopic (exact) mass is 386 g/mol. The van der Waals surface area contributed by atoms with Gasteiger partial charge in [-0.25, -0.2) is 0 Å². The van der Waals surface area contributed by atoms with Crippen LogP contribution in [0.1, 0.15) is 96.2 Å². The smallest absolute Gasteiger partial charge is 0.192 e. The lowest BCUT2D eigenvalue weighted by molar-refractivity contribution is 0.413. The molecule has 0 amide bonds. The standard InChI is InChI=1S/C25H38O3/c1-3-4-5-6-7-8-9-10-11-12-13-14-15-16-22-19-24(26)23-18-17-21(27-2)20-25(23)28-22/h17-20H,3-16H2,1-2H3. The first-order valence-electron chi connectivity index (χ1n) is 11.4. The third kappa shape index (κ3) is 8.08. The van der Waals surface area contributed by atoms with Gasteiger partial charge in [-0.15, -0.1) is 0 Å². The number of aryl methyl sites for hydroxylation is 1. The molecule has 0 aliphatic rings. The third-order valence-electron chi connectivity index (χ3n) is 5.51. The van der Waals surface area contributed by atoms with E-state index in [9.17, 15) is 4.79 Å². The molecule has 0 radical (unpaired) electrons. The fourth-order valence-corrected chi connectivity index (χ4v) is 3.75. The molecule has 0 N–H and O–H groups in total. The Hall–Kier alpha value is -1.77. The van der Waals surface area contributed by atoms with Crippen LogP contribution in [-0.2, 0) is 6.42 Å². The van der Waals surface area contributed by atoms with Gasteiger partial charge in [-0.05, 0) is 18.6 Å². The average Bonchev–Trinajstić information content (AvgIpc) is 2.71. The van der Waals surface area contributed by atoms with Crippen LogP contribution in [0.25, 0.3) is 11.0 Å². The largest absolute Gasteiger partial charge is 0.497 e. The molecule has 0 saturated carbocycles. The van der Waals surface area contributed by atoms with Crippen molar-refractivity contribution >= 4 is 11.0 Å². The second kappa shape index (κ2) is 13.4. The van der Waals surface area contributed by atoms with Crippen LogP contribution in [0.15, 0.2) is 33.5 Å². The minimum Gasteiger partial charge on any atom is -0.497 e. The number of fused-ring (bicyclic) bond motifs is 1. The quantitative estimate of drug-likeness (QED) is 0.299. The van der Waals surface area contributed by atoms with E-state index in [0.29, 0.717) is 16.7 Å². The van der Waals surface area contributed by atoms with Gasteiger partial charge >= 0.3 is 0 Å². The van der Waals surface area contributed by atoms with Crippen molar-refractivity contribution in [3.8, 4) is 5.75 Å². The fourth-order valence-electron chi connectivity index (χ4n) is 3.75. The summed E-state index contributed by atoms with van der Waals surface area (Å²) >= 11 is 0. The van der Waals surface area contributed by atoms with Gasteiger partial charge in [0.2, 0.25) is 0 Å². The molecule has 0 bridgehead atoms. The van der Waals surface area contributed by atoms with E-state index in [1.54, 1.807) is 31.4 Å². The van der Waals surface area contributed by atoms with E-state index in [1.807, 2.05) is 0 Å². The molecule has 2 aromatic rings. The Kier molecular flexibility index (Phi) is 10.8. The van der Waals surface area contributed by atoms with Gasteiger partial charge in [0.15, 0.2) is 5.43 Å². The van der Waals surface area contributed by atoms with Crippen LogP contribution in [-0.4, -0.2) is 7.11 Å². The second-order valence-electron chi connectivity index (χ2n) is 7.93. The number of rotatable bonds is 15. The van der Waals surface area contributed by atoms with Crippen molar-refractivity contribution in [1.29, 1.82) is 0 Å². The molecular formula is C25H38O3. The third-order valence-corrected chi connectivity index (χ3v) is 5.51. The molecule has 0 saturated heterocycles. The Morgan fingerprint density at radius 1 is 0.786 bits per heavy atom. The zero-order valence-electron chi connectivity index (χ0n) is 17.9. The van der Waals surface area contributed by atoms with Crippen molar-refractivity contribution < 1.29 is 9.15 Å². The van der Waals surface area contributed by atoms with Crippen molar-refractivity contribution in [2.45, 2.75) is 96.8 Å². The van der Waals surface area contributed by atoms with Crippen molar-refractivity contribution in [2.24, 2.45) is 0 Å². The molecule has 28 heavy (non-hydrogen) atoms. The molecule has 2 rings (SSSR count). The fraction of sp³-hybridized carbons (Fsp3) is 0.640. The zero-order valence-corrected chi connectivity index (χ0v) is 17.9. The van der Waals surface area contributed by atoms with E-state index in [4.69, 9.17) is 9.15 Å². The molecule has 1 heterocycles. The average molecular weight is 387 g/mol. The maximum absolute atomic E-state index is 12.2. The van der Waals surface area contributed by atoms with E-state index >= 15 is 0 Å². The van der Waals surface area contributed by atoms with E-state index in [1.165, 1.54) is 77.0 Å². The number of benzene rings is 1. The van der Waals surface area contributed by atoms with Crippen LogP contribution in [0.4, 0.5) is 0 Å². The van der Waals surface area contributed by atoms with Crippen LogP contribution in [0.3, 0.4) is 0 Å².